The summed E-state index contributed by atoms with van der Waals surface area (Å²) in [6.45, 7) is 2.84. The molecule has 7 heteroatoms. The van der Waals surface area contributed by atoms with Crippen molar-refractivity contribution in [3.05, 3.63) is 17.8 Å². The van der Waals surface area contributed by atoms with Gasteiger partial charge in [0.05, 0.1) is 5.41 Å². The maximum Gasteiger partial charge on any atom is 0.311 e. The molecule has 0 aliphatic carbocycles. The Kier molecular flexibility index (Phi) is 3.37. The van der Waals surface area contributed by atoms with Crippen molar-refractivity contribution < 1.29 is 14.7 Å². The first kappa shape index (κ1) is 13.3. The first-order valence-corrected chi connectivity index (χ1v) is 6.04. The third kappa shape index (κ3) is 2.64. The van der Waals surface area contributed by atoms with E-state index in [1.807, 2.05) is 4.90 Å². The summed E-state index contributed by atoms with van der Waals surface area (Å²) in [5.41, 5.74) is 4.42. The first-order valence-electron chi connectivity index (χ1n) is 6.04. The van der Waals surface area contributed by atoms with E-state index in [0.29, 0.717) is 18.8 Å². The van der Waals surface area contributed by atoms with Crippen LogP contribution < -0.4 is 10.6 Å². The number of aliphatic carboxylic acids is 1. The normalized spacial score (nSPS) is 23.1. The van der Waals surface area contributed by atoms with Crippen molar-refractivity contribution in [2.24, 2.45) is 11.1 Å². The van der Waals surface area contributed by atoms with E-state index in [2.05, 4.69) is 10.2 Å². The average molecular weight is 264 g/mol. The molecule has 0 aromatic carbocycles. The summed E-state index contributed by atoms with van der Waals surface area (Å²) in [5.74, 6) is -0.871. The molecule has 1 fully saturated rings. The van der Waals surface area contributed by atoms with Gasteiger partial charge in [-0.25, -0.2) is 0 Å². The van der Waals surface area contributed by atoms with E-state index in [1.54, 1.807) is 13.0 Å². The van der Waals surface area contributed by atoms with Crippen molar-refractivity contribution >= 4 is 17.7 Å². The second kappa shape index (κ2) is 4.83. The molecule has 3 N–H and O–H groups in total. The van der Waals surface area contributed by atoms with Crippen LogP contribution >= 0.6 is 0 Å². The summed E-state index contributed by atoms with van der Waals surface area (Å²) in [4.78, 5) is 24.1. The van der Waals surface area contributed by atoms with Crippen LogP contribution in [0.1, 0.15) is 30.3 Å². The van der Waals surface area contributed by atoms with Gasteiger partial charge in [0.15, 0.2) is 11.5 Å². The quantitative estimate of drug-likeness (QED) is 0.810. The highest BCUT2D eigenvalue weighted by molar-refractivity contribution is 5.90. The average Bonchev–Trinajstić information content (AvgIpc) is 2.39. The standard InChI is InChI=1S/C12H16N4O3/c1-12(11(18)19)5-2-6-16(7-12)9-4-3-8(10(13)17)14-15-9/h3-4H,2,5-7H2,1H3,(H2,13,17)(H,18,19). The van der Waals surface area contributed by atoms with E-state index in [0.717, 1.165) is 13.0 Å². The Morgan fingerprint density at radius 1 is 1.42 bits per heavy atom. The molecule has 1 aromatic heterocycles. The molecule has 0 spiro atoms. The van der Waals surface area contributed by atoms with Gasteiger partial charge in [0.25, 0.3) is 5.91 Å². The van der Waals surface area contributed by atoms with Crippen LogP contribution in [0.4, 0.5) is 5.82 Å². The molecule has 0 saturated carbocycles. The lowest BCUT2D eigenvalue weighted by Crippen LogP contribution is -2.46. The van der Waals surface area contributed by atoms with Gasteiger partial charge < -0.3 is 15.7 Å². The molecular formula is C12H16N4O3. The zero-order valence-corrected chi connectivity index (χ0v) is 10.7. The van der Waals surface area contributed by atoms with Crippen molar-refractivity contribution in [3.8, 4) is 0 Å². The number of carboxylic acid groups (broad SMARTS) is 1. The second-order valence-electron chi connectivity index (χ2n) is 5.03. The molecule has 7 nitrogen and oxygen atoms in total. The van der Waals surface area contributed by atoms with Gasteiger partial charge in [-0.1, -0.05) is 0 Å². The smallest absolute Gasteiger partial charge is 0.311 e. The number of carbonyl (C=O) groups is 2. The lowest BCUT2D eigenvalue weighted by atomic mass is 9.82. The van der Waals surface area contributed by atoms with Gasteiger partial charge in [-0.3, -0.25) is 9.59 Å². The van der Waals surface area contributed by atoms with Crippen LogP contribution in [-0.4, -0.2) is 40.3 Å². The molecule has 1 atom stereocenters. The number of rotatable bonds is 3. The van der Waals surface area contributed by atoms with E-state index < -0.39 is 17.3 Å². The van der Waals surface area contributed by atoms with Crippen LogP contribution in [0, 0.1) is 5.41 Å². The van der Waals surface area contributed by atoms with E-state index in [-0.39, 0.29) is 5.69 Å². The Labute approximate surface area is 110 Å². The summed E-state index contributed by atoms with van der Waals surface area (Å²) in [5, 5.41) is 16.9. The maximum atomic E-state index is 11.3. The molecule has 19 heavy (non-hydrogen) atoms. The Balaban J connectivity index is 2.17. The molecule has 1 saturated heterocycles. The summed E-state index contributed by atoms with van der Waals surface area (Å²) >= 11 is 0. The number of carbonyl (C=O) groups excluding carboxylic acids is 1. The number of piperidine rings is 1. The van der Waals surface area contributed by atoms with Gasteiger partial charge in [0.2, 0.25) is 0 Å². The monoisotopic (exact) mass is 264 g/mol. The number of primary amides is 1. The zero-order chi connectivity index (χ0) is 14.0. The van der Waals surface area contributed by atoms with Crippen molar-refractivity contribution in [1.29, 1.82) is 0 Å². The number of aromatic nitrogens is 2. The molecule has 2 rings (SSSR count). The topological polar surface area (TPSA) is 109 Å². The first-order chi connectivity index (χ1) is 8.92. The fourth-order valence-electron chi connectivity index (χ4n) is 2.23. The SMILES string of the molecule is CC1(C(=O)O)CCCN(c2ccc(C(N)=O)nn2)C1. The van der Waals surface area contributed by atoms with Crippen LogP contribution in [-0.2, 0) is 4.79 Å². The minimum Gasteiger partial charge on any atom is -0.481 e. The van der Waals surface area contributed by atoms with Crippen LogP contribution in [0.2, 0.25) is 0 Å². The fraction of sp³-hybridized carbons (Fsp3) is 0.500. The number of hydrogen-bond acceptors (Lipinski definition) is 5. The largest absolute Gasteiger partial charge is 0.481 e. The molecule has 1 aliphatic heterocycles. The predicted octanol–water partition coefficient (Wildman–Crippen LogP) is 0.267. The lowest BCUT2D eigenvalue weighted by Gasteiger charge is -2.37. The summed E-state index contributed by atoms with van der Waals surface area (Å²) in [7, 11) is 0. The number of nitrogens with zero attached hydrogens (tertiary/aromatic N) is 3. The molecule has 1 aliphatic rings. The third-order valence-corrected chi connectivity index (χ3v) is 3.44. The zero-order valence-electron chi connectivity index (χ0n) is 10.7. The molecule has 102 valence electrons. The van der Waals surface area contributed by atoms with Crippen LogP contribution in [0.25, 0.3) is 0 Å². The van der Waals surface area contributed by atoms with Gasteiger partial charge in [-0.2, -0.15) is 0 Å². The van der Waals surface area contributed by atoms with E-state index in [9.17, 15) is 14.7 Å². The number of anilines is 1. The van der Waals surface area contributed by atoms with E-state index in [1.165, 1.54) is 6.07 Å². The predicted molar refractivity (Wildman–Crippen MR) is 67.7 cm³/mol. The highest BCUT2D eigenvalue weighted by atomic mass is 16.4. The van der Waals surface area contributed by atoms with Crippen LogP contribution in [0.3, 0.4) is 0 Å². The summed E-state index contributed by atoms with van der Waals surface area (Å²) in [6.07, 6.45) is 1.42. The highest BCUT2D eigenvalue weighted by Crippen LogP contribution is 2.31. The summed E-state index contributed by atoms with van der Waals surface area (Å²) in [6, 6.07) is 3.14. The van der Waals surface area contributed by atoms with Gasteiger partial charge in [0, 0.05) is 13.1 Å². The third-order valence-electron chi connectivity index (χ3n) is 3.44. The van der Waals surface area contributed by atoms with Crippen molar-refractivity contribution in [2.45, 2.75) is 19.8 Å². The summed E-state index contributed by atoms with van der Waals surface area (Å²) < 4.78 is 0. The van der Waals surface area contributed by atoms with Crippen molar-refractivity contribution in [3.63, 3.8) is 0 Å². The highest BCUT2D eigenvalue weighted by Gasteiger charge is 2.38. The van der Waals surface area contributed by atoms with Gasteiger partial charge in [-0.05, 0) is 31.9 Å². The lowest BCUT2D eigenvalue weighted by molar-refractivity contribution is -0.148. The molecule has 0 radical (unpaired) electrons. The number of hydrogen-bond donors (Lipinski definition) is 2. The minimum atomic E-state index is -0.807. The Hall–Kier alpha value is -2.18. The minimum absolute atomic E-state index is 0.0988. The molecule has 1 aromatic rings. The van der Waals surface area contributed by atoms with Crippen LogP contribution in [0.5, 0.6) is 0 Å². The Morgan fingerprint density at radius 3 is 2.68 bits per heavy atom. The number of nitrogens with two attached hydrogens (primary N) is 1. The Morgan fingerprint density at radius 2 is 2.16 bits per heavy atom. The molecule has 0 bridgehead atoms. The van der Waals surface area contributed by atoms with Crippen molar-refractivity contribution in [1.82, 2.24) is 10.2 Å². The maximum absolute atomic E-state index is 11.3. The molecule has 1 unspecified atom stereocenters. The molecule has 2 heterocycles. The molecular weight excluding hydrogens is 248 g/mol. The van der Waals surface area contributed by atoms with Crippen LogP contribution in [0.15, 0.2) is 12.1 Å². The fourth-order valence-corrected chi connectivity index (χ4v) is 2.23. The number of amides is 1. The van der Waals surface area contributed by atoms with E-state index in [4.69, 9.17) is 5.73 Å². The second-order valence-corrected chi connectivity index (χ2v) is 5.03. The van der Waals surface area contributed by atoms with Gasteiger partial charge in [-0.15, -0.1) is 10.2 Å². The van der Waals surface area contributed by atoms with E-state index >= 15 is 0 Å². The van der Waals surface area contributed by atoms with Crippen molar-refractivity contribution in [2.75, 3.05) is 18.0 Å². The Bertz CT molecular complexity index is 502. The molecule has 1 amide bonds. The van der Waals surface area contributed by atoms with Gasteiger partial charge >= 0.3 is 5.97 Å². The van der Waals surface area contributed by atoms with Gasteiger partial charge in [0.1, 0.15) is 0 Å². The number of carboxylic acids is 1.